The minimum Gasteiger partial charge on any atom is -0.495 e. The second-order valence-corrected chi connectivity index (χ2v) is 6.49. The van der Waals surface area contributed by atoms with Gasteiger partial charge in [0, 0.05) is 5.02 Å². The van der Waals surface area contributed by atoms with Crippen LogP contribution in [0.5, 0.6) is 5.75 Å². The summed E-state index contributed by atoms with van der Waals surface area (Å²) in [5, 5.41) is 0.364. The SMILES string of the molecule is COc1ccccc1C#CCNS(=O)(=O)c1cccc(Cl)c1. The molecule has 0 unspecified atom stereocenters. The molecule has 0 atom stereocenters. The standard InChI is InChI=1S/C16H14ClNO3S/c1-21-16-10-3-2-6-13(16)7-5-11-18-22(19,20)15-9-4-8-14(17)12-15/h2-4,6,8-10,12,18H,11H2,1H3. The predicted octanol–water partition coefficient (Wildman–Crippen LogP) is 2.68. The van der Waals surface area contributed by atoms with Gasteiger partial charge in [-0.25, -0.2) is 8.42 Å². The van der Waals surface area contributed by atoms with Crippen molar-refractivity contribution in [3.8, 4) is 17.6 Å². The number of ether oxygens (including phenoxy) is 1. The van der Waals surface area contributed by atoms with Crippen molar-refractivity contribution in [1.82, 2.24) is 4.72 Å². The summed E-state index contributed by atoms with van der Waals surface area (Å²) in [6, 6.07) is 13.3. The summed E-state index contributed by atoms with van der Waals surface area (Å²) in [7, 11) is -2.06. The summed E-state index contributed by atoms with van der Waals surface area (Å²) in [5.74, 6) is 6.28. The number of sulfonamides is 1. The van der Waals surface area contributed by atoms with E-state index in [1.165, 1.54) is 12.1 Å². The lowest BCUT2D eigenvalue weighted by Crippen LogP contribution is -2.23. The third-order valence-corrected chi connectivity index (χ3v) is 4.42. The number of para-hydroxylation sites is 1. The Morgan fingerprint density at radius 3 is 2.68 bits per heavy atom. The summed E-state index contributed by atoms with van der Waals surface area (Å²) in [6.07, 6.45) is 0. The van der Waals surface area contributed by atoms with Crippen LogP contribution in [0.4, 0.5) is 0 Å². The molecule has 2 aromatic rings. The van der Waals surface area contributed by atoms with Crippen LogP contribution in [0, 0.1) is 11.8 Å². The van der Waals surface area contributed by atoms with Crippen molar-refractivity contribution in [3.63, 3.8) is 0 Å². The smallest absolute Gasteiger partial charge is 0.241 e. The van der Waals surface area contributed by atoms with E-state index in [1.807, 2.05) is 12.1 Å². The molecule has 2 aromatic carbocycles. The number of benzene rings is 2. The van der Waals surface area contributed by atoms with E-state index in [9.17, 15) is 8.42 Å². The van der Waals surface area contributed by atoms with Crippen molar-refractivity contribution in [3.05, 3.63) is 59.1 Å². The van der Waals surface area contributed by atoms with Gasteiger partial charge in [-0.1, -0.05) is 41.6 Å². The Labute approximate surface area is 135 Å². The molecule has 0 bridgehead atoms. The van der Waals surface area contributed by atoms with E-state index in [2.05, 4.69) is 16.6 Å². The number of rotatable bonds is 4. The summed E-state index contributed by atoms with van der Waals surface area (Å²) in [5.41, 5.74) is 0.701. The predicted molar refractivity (Wildman–Crippen MR) is 86.5 cm³/mol. The zero-order chi connectivity index (χ0) is 16.0. The van der Waals surface area contributed by atoms with Crippen LogP contribution in [0.25, 0.3) is 0 Å². The lowest BCUT2D eigenvalue weighted by atomic mass is 10.2. The normalized spacial score (nSPS) is 10.6. The Kier molecular flexibility index (Phi) is 5.45. The molecule has 0 heterocycles. The van der Waals surface area contributed by atoms with Crippen LogP contribution in [0.2, 0.25) is 5.02 Å². The van der Waals surface area contributed by atoms with Crippen molar-refractivity contribution in [1.29, 1.82) is 0 Å². The van der Waals surface area contributed by atoms with Gasteiger partial charge in [0.1, 0.15) is 5.75 Å². The molecule has 0 amide bonds. The fraction of sp³-hybridized carbons (Fsp3) is 0.125. The first-order valence-electron chi connectivity index (χ1n) is 6.40. The lowest BCUT2D eigenvalue weighted by molar-refractivity contribution is 0.413. The third kappa shape index (κ3) is 4.25. The molecule has 0 aliphatic rings. The van der Waals surface area contributed by atoms with E-state index in [0.717, 1.165) is 0 Å². The topological polar surface area (TPSA) is 55.4 Å². The third-order valence-electron chi connectivity index (χ3n) is 2.79. The molecule has 0 radical (unpaired) electrons. The average Bonchev–Trinajstić information content (AvgIpc) is 2.52. The molecule has 0 saturated carbocycles. The molecule has 114 valence electrons. The van der Waals surface area contributed by atoms with Gasteiger partial charge in [0.2, 0.25) is 10.0 Å². The van der Waals surface area contributed by atoms with Crippen LogP contribution in [0.3, 0.4) is 0 Å². The van der Waals surface area contributed by atoms with E-state index >= 15 is 0 Å². The second kappa shape index (κ2) is 7.32. The zero-order valence-corrected chi connectivity index (χ0v) is 13.4. The highest BCUT2D eigenvalue weighted by Crippen LogP contribution is 2.16. The molecule has 6 heteroatoms. The highest BCUT2D eigenvalue weighted by atomic mass is 35.5. The molecule has 0 saturated heterocycles. The van der Waals surface area contributed by atoms with Crippen LogP contribution in [0.15, 0.2) is 53.4 Å². The largest absolute Gasteiger partial charge is 0.495 e. The molecule has 2 rings (SSSR count). The monoisotopic (exact) mass is 335 g/mol. The highest BCUT2D eigenvalue weighted by molar-refractivity contribution is 7.89. The van der Waals surface area contributed by atoms with E-state index in [-0.39, 0.29) is 11.4 Å². The quantitative estimate of drug-likeness (QED) is 0.874. The number of nitrogens with one attached hydrogen (secondary N) is 1. The van der Waals surface area contributed by atoms with Gasteiger partial charge in [0.15, 0.2) is 0 Å². The maximum absolute atomic E-state index is 12.1. The minimum atomic E-state index is -3.62. The van der Waals surface area contributed by atoms with Crippen LogP contribution in [-0.4, -0.2) is 22.1 Å². The zero-order valence-electron chi connectivity index (χ0n) is 11.8. The van der Waals surface area contributed by atoms with Crippen LogP contribution in [-0.2, 0) is 10.0 Å². The molecular formula is C16H14ClNO3S. The molecule has 0 aromatic heterocycles. The van der Waals surface area contributed by atoms with E-state index in [1.54, 1.807) is 31.4 Å². The van der Waals surface area contributed by atoms with Crippen molar-refractivity contribution < 1.29 is 13.2 Å². The Morgan fingerprint density at radius 2 is 1.95 bits per heavy atom. The average molecular weight is 336 g/mol. The van der Waals surface area contributed by atoms with E-state index in [4.69, 9.17) is 16.3 Å². The van der Waals surface area contributed by atoms with Crippen molar-refractivity contribution >= 4 is 21.6 Å². The first kappa shape index (κ1) is 16.4. The van der Waals surface area contributed by atoms with Gasteiger partial charge in [-0.05, 0) is 30.3 Å². The highest BCUT2D eigenvalue weighted by Gasteiger charge is 2.12. The summed E-state index contributed by atoms with van der Waals surface area (Å²) >= 11 is 5.79. The number of methoxy groups -OCH3 is 1. The Balaban J connectivity index is 2.07. The summed E-state index contributed by atoms with van der Waals surface area (Å²) in [4.78, 5) is 0.110. The number of hydrogen-bond acceptors (Lipinski definition) is 3. The molecular weight excluding hydrogens is 322 g/mol. The minimum absolute atomic E-state index is 0.00705. The Morgan fingerprint density at radius 1 is 1.18 bits per heavy atom. The van der Waals surface area contributed by atoms with Crippen LogP contribution >= 0.6 is 11.6 Å². The fourth-order valence-corrected chi connectivity index (χ4v) is 2.96. The molecule has 0 aliphatic heterocycles. The van der Waals surface area contributed by atoms with Crippen molar-refractivity contribution in [2.45, 2.75) is 4.90 Å². The molecule has 0 fully saturated rings. The van der Waals surface area contributed by atoms with E-state index in [0.29, 0.717) is 16.3 Å². The van der Waals surface area contributed by atoms with Gasteiger partial charge in [-0.15, -0.1) is 0 Å². The first-order chi connectivity index (χ1) is 10.5. The van der Waals surface area contributed by atoms with E-state index < -0.39 is 10.0 Å². The first-order valence-corrected chi connectivity index (χ1v) is 8.26. The molecule has 4 nitrogen and oxygen atoms in total. The van der Waals surface area contributed by atoms with Crippen LogP contribution in [0.1, 0.15) is 5.56 Å². The van der Waals surface area contributed by atoms with Gasteiger partial charge in [-0.3, -0.25) is 0 Å². The van der Waals surface area contributed by atoms with Gasteiger partial charge in [0.05, 0.1) is 24.1 Å². The van der Waals surface area contributed by atoms with Gasteiger partial charge < -0.3 is 4.74 Å². The van der Waals surface area contributed by atoms with Crippen LogP contribution < -0.4 is 9.46 Å². The van der Waals surface area contributed by atoms with Crippen molar-refractivity contribution in [2.75, 3.05) is 13.7 Å². The summed E-state index contributed by atoms with van der Waals surface area (Å²) in [6.45, 7) is -0.00705. The lowest BCUT2D eigenvalue weighted by Gasteiger charge is -2.04. The molecule has 1 N–H and O–H groups in total. The van der Waals surface area contributed by atoms with Gasteiger partial charge in [0.25, 0.3) is 0 Å². The molecule has 0 spiro atoms. The van der Waals surface area contributed by atoms with Gasteiger partial charge >= 0.3 is 0 Å². The molecule has 22 heavy (non-hydrogen) atoms. The Hall–Kier alpha value is -2.00. The Bertz CT molecular complexity index is 823. The maximum atomic E-state index is 12.1. The number of halogens is 1. The summed E-state index contributed by atoms with van der Waals surface area (Å²) < 4.78 is 31.7. The molecule has 0 aliphatic carbocycles. The number of hydrogen-bond donors (Lipinski definition) is 1. The van der Waals surface area contributed by atoms with Crippen molar-refractivity contribution in [2.24, 2.45) is 0 Å². The fourth-order valence-electron chi connectivity index (χ4n) is 1.74. The maximum Gasteiger partial charge on any atom is 0.241 e. The second-order valence-electron chi connectivity index (χ2n) is 4.28. The van der Waals surface area contributed by atoms with Gasteiger partial charge in [-0.2, -0.15) is 4.72 Å².